The second-order valence-corrected chi connectivity index (χ2v) is 4.37. The van der Waals surface area contributed by atoms with Crippen molar-refractivity contribution in [2.75, 3.05) is 19.7 Å². The standard InChI is InChI=1S/C13H18N2O3/c1-3-5-7-14-10-9-18-12(16)11(10)15(13(14)17)8-6-4-2/h3-6,10-11H,7-9H2,1-2H3. The van der Waals surface area contributed by atoms with E-state index in [1.807, 2.05) is 38.2 Å². The van der Waals surface area contributed by atoms with Crippen LogP contribution in [-0.2, 0) is 9.53 Å². The molecular formula is C13H18N2O3. The molecule has 2 amide bonds. The van der Waals surface area contributed by atoms with Crippen LogP contribution in [0.1, 0.15) is 13.8 Å². The summed E-state index contributed by atoms with van der Waals surface area (Å²) in [5.74, 6) is -0.291. The average Bonchev–Trinajstić information content (AvgIpc) is 2.85. The maximum absolute atomic E-state index is 12.3. The van der Waals surface area contributed by atoms with E-state index in [0.717, 1.165) is 0 Å². The molecule has 18 heavy (non-hydrogen) atoms. The number of urea groups is 1. The molecule has 0 aliphatic carbocycles. The van der Waals surface area contributed by atoms with Gasteiger partial charge in [-0.1, -0.05) is 24.3 Å². The molecule has 2 atom stereocenters. The summed E-state index contributed by atoms with van der Waals surface area (Å²) in [6.07, 6.45) is 7.56. The number of amides is 2. The highest BCUT2D eigenvalue weighted by Crippen LogP contribution is 2.28. The van der Waals surface area contributed by atoms with Crippen LogP contribution in [0.15, 0.2) is 24.3 Å². The summed E-state index contributed by atoms with van der Waals surface area (Å²) in [7, 11) is 0. The SMILES string of the molecule is CC=CCN1C(=O)N(CC=CC)C2C(=O)OCC21. The lowest BCUT2D eigenvalue weighted by Crippen LogP contribution is -2.39. The van der Waals surface area contributed by atoms with Gasteiger partial charge in [0.2, 0.25) is 0 Å². The number of carbonyl (C=O) groups is 2. The van der Waals surface area contributed by atoms with Crippen LogP contribution in [0.25, 0.3) is 0 Å². The Labute approximate surface area is 107 Å². The summed E-state index contributed by atoms with van der Waals surface area (Å²) < 4.78 is 5.07. The molecule has 2 rings (SSSR count). The minimum absolute atomic E-state index is 0.0853. The van der Waals surface area contributed by atoms with Crippen molar-refractivity contribution in [3.8, 4) is 0 Å². The second kappa shape index (κ2) is 5.25. The van der Waals surface area contributed by atoms with Crippen LogP contribution >= 0.6 is 0 Å². The van der Waals surface area contributed by atoms with E-state index in [9.17, 15) is 9.59 Å². The van der Waals surface area contributed by atoms with Crippen LogP contribution in [-0.4, -0.2) is 53.6 Å². The average molecular weight is 250 g/mol. The van der Waals surface area contributed by atoms with Gasteiger partial charge in [0.1, 0.15) is 6.61 Å². The Morgan fingerprint density at radius 3 is 2.39 bits per heavy atom. The number of allylic oxidation sites excluding steroid dienone is 2. The topological polar surface area (TPSA) is 49.9 Å². The lowest BCUT2D eigenvalue weighted by Gasteiger charge is -2.19. The zero-order chi connectivity index (χ0) is 13.1. The molecule has 2 unspecified atom stereocenters. The summed E-state index contributed by atoms with van der Waals surface area (Å²) in [6.45, 7) is 5.09. The van der Waals surface area contributed by atoms with Crippen molar-refractivity contribution in [1.82, 2.24) is 9.80 Å². The number of nitrogens with zero attached hydrogens (tertiary/aromatic N) is 2. The van der Waals surface area contributed by atoms with Crippen LogP contribution in [0.5, 0.6) is 0 Å². The van der Waals surface area contributed by atoms with Gasteiger partial charge in [0.25, 0.3) is 0 Å². The van der Waals surface area contributed by atoms with Gasteiger partial charge in [0.05, 0.1) is 6.04 Å². The fraction of sp³-hybridized carbons (Fsp3) is 0.538. The molecule has 2 fully saturated rings. The third-order valence-corrected chi connectivity index (χ3v) is 3.31. The molecule has 5 nitrogen and oxygen atoms in total. The van der Waals surface area contributed by atoms with Crippen molar-refractivity contribution < 1.29 is 14.3 Å². The molecule has 2 aliphatic rings. The van der Waals surface area contributed by atoms with Crippen molar-refractivity contribution in [1.29, 1.82) is 0 Å². The minimum Gasteiger partial charge on any atom is -0.462 e. The number of esters is 1. The molecule has 0 N–H and O–H groups in total. The Bertz CT molecular complexity index is 403. The minimum atomic E-state index is -0.445. The highest BCUT2D eigenvalue weighted by Gasteiger charge is 2.53. The lowest BCUT2D eigenvalue weighted by molar-refractivity contribution is -0.141. The molecule has 0 aromatic carbocycles. The number of rotatable bonds is 4. The Morgan fingerprint density at radius 2 is 1.78 bits per heavy atom. The summed E-state index contributed by atoms with van der Waals surface area (Å²) in [6, 6.07) is -0.678. The number of ether oxygens (including phenoxy) is 1. The molecule has 0 saturated carbocycles. The van der Waals surface area contributed by atoms with Crippen LogP contribution in [0.2, 0.25) is 0 Å². The first-order chi connectivity index (χ1) is 8.70. The van der Waals surface area contributed by atoms with E-state index in [0.29, 0.717) is 19.7 Å². The largest absolute Gasteiger partial charge is 0.462 e. The van der Waals surface area contributed by atoms with Gasteiger partial charge >= 0.3 is 12.0 Å². The quantitative estimate of drug-likeness (QED) is 0.556. The van der Waals surface area contributed by atoms with Crippen molar-refractivity contribution in [3.05, 3.63) is 24.3 Å². The highest BCUT2D eigenvalue weighted by molar-refractivity contribution is 5.90. The van der Waals surface area contributed by atoms with Crippen LogP contribution in [0, 0.1) is 0 Å². The van der Waals surface area contributed by atoms with Crippen molar-refractivity contribution in [2.24, 2.45) is 0 Å². The first kappa shape index (κ1) is 12.7. The monoisotopic (exact) mass is 250 g/mol. The molecule has 0 spiro atoms. The van der Waals surface area contributed by atoms with Crippen molar-refractivity contribution in [2.45, 2.75) is 25.9 Å². The van der Waals surface area contributed by atoms with E-state index in [-0.39, 0.29) is 18.0 Å². The Kier molecular flexibility index (Phi) is 3.69. The third-order valence-electron chi connectivity index (χ3n) is 3.31. The smallest absolute Gasteiger partial charge is 0.331 e. The number of cyclic esters (lactones) is 1. The van der Waals surface area contributed by atoms with Gasteiger partial charge in [0, 0.05) is 13.1 Å². The van der Waals surface area contributed by atoms with Crippen molar-refractivity contribution >= 4 is 12.0 Å². The Morgan fingerprint density at radius 1 is 1.17 bits per heavy atom. The molecule has 2 aliphatic heterocycles. The maximum atomic E-state index is 12.3. The van der Waals surface area contributed by atoms with Gasteiger partial charge in [0.15, 0.2) is 6.04 Å². The molecule has 0 aromatic heterocycles. The van der Waals surface area contributed by atoms with Crippen LogP contribution in [0.4, 0.5) is 4.79 Å². The normalized spacial score (nSPS) is 27.7. The van der Waals surface area contributed by atoms with E-state index in [1.165, 1.54) is 0 Å². The van der Waals surface area contributed by atoms with E-state index < -0.39 is 6.04 Å². The molecule has 2 saturated heterocycles. The molecule has 0 bridgehead atoms. The first-order valence-electron chi connectivity index (χ1n) is 6.17. The van der Waals surface area contributed by atoms with Gasteiger partial charge in [-0.05, 0) is 13.8 Å². The molecule has 0 aromatic rings. The fourth-order valence-electron chi connectivity index (χ4n) is 2.37. The number of fused-ring (bicyclic) bond motifs is 1. The van der Waals surface area contributed by atoms with E-state index in [2.05, 4.69) is 0 Å². The molecule has 5 heteroatoms. The van der Waals surface area contributed by atoms with E-state index >= 15 is 0 Å². The van der Waals surface area contributed by atoms with Gasteiger partial charge in [-0.2, -0.15) is 0 Å². The summed E-state index contributed by atoms with van der Waals surface area (Å²) in [5, 5.41) is 0. The summed E-state index contributed by atoms with van der Waals surface area (Å²) in [4.78, 5) is 27.3. The van der Waals surface area contributed by atoms with Gasteiger partial charge in [-0.15, -0.1) is 0 Å². The van der Waals surface area contributed by atoms with Crippen LogP contribution in [0.3, 0.4) is 0 Å². The summed E-state index contributed by atoms with van der Waals surface area (Å²) in [5.41, 5.74) is 0. The number of hydrogen-bond acceptors (Lipinski definition) is 3. The molecule has 98 valence electrons. The van der Waals surface area contributed by atoms with Gasteiger partial charge in [-0.25, -0.2) is 9.59 Å². The van der Waals surface area contributed by atoms with Gasteiger partial charge < -0.3 is 14.5 Å². The Balaban J connectivity index is 2.20. The fourth-order valence-corrected chi connectivity index (χ4v) is 2.37. The predicted molar refractivity (Wildman–Crippen MR) is 67.0 cm³/mol. The zero-order valence-electron chi connectivity index (χ0n) is 10.7. The van der Waals surface area contributed by atoms with Crippen LogP contribution < -0.4 is 0 Å². The summed E-state index contributed by atoms with van der Waals surface area (Å²) >= 11 is 0. The molecule has 2 heterocycles. The Hall–Kier alpha value is -1.78. The number of hydrogen-bond donors (Lipinski definition) is 0. The highest BCUT2D eigenvalue weighted by atomic mass is 16.5. The molecular weight excluding hydrogens is 232 g/mol. The van der Waals surface area contributed by atoms with Gasteiger partial charge in [-0.3, -0.25) is 0 Å². The lowest BCUT2D eigenvalue weighted by atomic mass is 10.1. The second-order valence-electron chi connectivity index (χ2n) is 4.37. The van der Waals surface area contributed by atoms with E-state index in [1.54, 1.807) is 9.80 Å². The van der Waals surface area contributed by atoms with E-state index in [4.69, 9.17) is 4.74 Å². The first-order valence-corrected chi connectivity index (χ1v) is 6.17. The molecule has 0 radical (unpaired) electrons. The zero-order valence-corrected chi connectivity index (χ0v) is 10.7. The predicted octanol–water partition coefficient (Wildman–Crippen LogP) is 1.17. The van der Waals surface area contributed by atoms with Crippen molar-refractivity contribution in [3.63, 3.8) is 0 Å². The maximum Gasteiger partial charge on any atom is 0.331 e. The third kappa shape index (κ3) is 2.00. The number of carbonyl (C=O) groups excluding carboxylic acids is 2.